The van der Waals surface area contributed by atoms with Crippen molar-refractivity contribution in [1.29, 1.82) is 0 Å². The third-order valence-corrected chi connectivity index (χ3v) is 5.70. The van der Waals surface area contributed by atoms with E-state index in [-0.39, 0.29) is 6.04 Å². The van der Waals surface area contributed by atoms with Crippen molar-refractivity contribution < 1.29 is 9.53 Å². The number of nitrogens with one attached hydrogen (secondary N) is 1. The molecule has 0 radical (unpaired) electrons. The zero-order chi connectivity index (χ0) is 21.8. The highest BCUT2D eigenvalue weighted by molar-refractivity contribution is 7.09. The van der Waals surface area contributed by atoms with Crippen molar-refractivity contribution in [3.63, 3.8) is 0 Å². The lowest BCUT2D eigenvalue weighted by Gasteiger charge is -2.14. The van der Waals surface area contributed by atoms with Crippen molar-refractivity contribution in [2.24, 2.45) is 0 Å². The number of benzene rings is 2. The summed E-state index contributed by atoms with van der Waals surface area (Å²) >= 11 is 1.48. The molecule has 0 saturated carbocycles. The summed E-state index contributed by atoms with van der Waals surface area (Å²) in [6.07, 6.45) is 1.82. The van der Waals surface area contributed by atoms with E-state index in [0.29, 0.717) is 18.0 Å². The molecule has 0 aliphatic rings. The Morgan fingerprint density at radius 3 is 2.71 bits per heavy atom. The number of aromatic nitrogens is 5. The van der Waals surface area contributed by atoms with Crippen LogP contribution >= 0.6 is 11.3 Å². The molecule has 31 heavy (non-hydrogen) atoms. The first-order valence-electron chi connectivity index (χ1n) is 9.91. The van der Waals surface area contributed by atoms with Crippen LogP contribution in [0.2, 0.25) is 0 Å². The van der Waals surface area contributed by atoms with Crippen molar-refractivity contribution in [2.75, 3.05) is 0 Å². The maximum absolute atomic E-state index is 12.5. The van der Waals surface area contributed by atoms with Gasteiger partial charge in [-0.25, -0.2) is 9.78 Å². The van der Waals surface area contributed by atoms with Gasteiger partial charge >= 0.3 is 6.09 Å². The fourth-order valence-corrected chi connectivity index (χ4v) is 3.77. The van der Waals surface area contributed by atoms with E-state index in [9.17, 15) is 4.79 Å². The number of rotatable bonds is 6. The molecule has 9 heteroatoms. The first-order chi connectivity index (χ1) is 15.0. The minimum atomic E-state index is -0.554. The summed E-state index contributed by atoms with van der Waals surface area (Å²) in [5, 5.41) is 17.4. The van der Waals surface area contributed by atoms with Gasteiger partial charge in [0.25, 0.3) is 0 Å². The molecule has 0 bridgehead atoms. The Balaban J connectivity index is 1.66. The number of hydrogen-bond donors (Lipinski definition) is 1. The first-order valence-corrected chi connectivity index (χ1v) is 10.8. The molecular weight excluding hydrogens is 412 g/mol. The summed E-state index contributed by atoms with van der Waals surface area (Å²) in [5.41, 5.74) is 3.78. The molecule has 1 N–H and O–H groups in total. The Labute approximate surface area is 183 Å². The summed E-state index contributed by atoms with van der Waals surface area (Å²) in [7, 11) is 0. The molecule has 2 heterocycles. The van der Waals surface area contributed by atoms with Gasteiger partial charge in [0.05, 0.1) is 11.7 Å². The van der Waals surface area contributed by atoms with Crippen LogP contribution in [0.3, 0.4) is 0 Å². The monoisotopic (exact) mass is 434 g/mol. The van der Waals surface area contributed by atoms with Gasteiger partial charge in [-0.15, -0.1) is 16.4 Å². The van der Waals surface area contributed by atoms with Crippen LogP contribution in [0, 0.1) is 6.92 Å². The Kier molecular flexibility index (Phi) is 6.03. The van der Waals surface area contributed by atoms with Gasteiger partial charge in [-0.05, 0) is 47.5 Å². The molecule has 4 rings (SSSR count). The molecule has 2 aromatic carbocycles. The Morgan fingerprint density at radius 2 is 2.00 bits per heavy atom. The SMILES string of the molecule is CCc1nnnn1-c1cc(OC(=O)NC(C)c2nccs2)cc(-c2ccc(C)cc2)c1. The number of hydrogen-bond acceptors (Lipinski definition) is 7. The number of aryl methyl sites for hydroxylation is 2. The predicted octanol–water partition coefficient (Wildman–Crippen LogP) is 4.51. The van der Waals surface area contributed by atoms with Crippen LogP contribution in [-0.2, 0) is 6.42 Å². The van der Waals surface area contributed by atoms with E-state index in [2.05, 4.69) is 25.8 Å². The molecule has 1 amide bonds. The van der Waals surface area contributed by atoms with Gasteiger partial charge in [0.2, 0.25) is 0 Å². The maximum Gasteiger partial charge on any atom is 0.413 e. The molecule has 8 nitrogen and oxygen atoms in total. The molecule has 0 aliphatic carbocycles. The molecule has 1 unspecified atom stereocenters. The molecule has 0 spiro atoms. The zero-order valence-corrected chi connectivity index (χ0v) is 18.3. The lowest BCUT2D eigenvalue weighted by molar-refractivity contribution is 0.197. The average molecular weight is 435 g/mol. The smallest absolute Gasteiger partial charge is 0.410 e. The number of ether oxygens (including phenoxy) is 1. The van der Waals surface area contributed by atoms with Crippen LogP contribution in [0.15, 0.2) is 54.0 Å². The lowest BCUT2D eigenvalue weighted by atomic mass is 10.0. The van der Waals surface area contributed by atoms with E-state index in [1.54, 1.807) is 16.9 Å². The average Bonchev–Trinajstić information content (AvgIpc) is 3.46. The number of nitrogens with zero attached hydrogens (tertiary/aromatic N) is 5. The van der Waals surface area contributed by atoms with Gasteiger partial charge in [-0.3, -0.25) is 0 Å². The lowest BCUT2D eigenvalue weighted by Crippen LogP contribution is -2.29. The number of amides is 1. The first kappa shape index (κ1) is 20.7. The highest BCUT2D eigenvalue weighted by atomic mass is 32.1. The van der Waals surface area contributed by atoms with Crippen molar-refractivity contribution in [3.05, 3.63) is 70.4 Å². The summed E-state index contributed by atoms with van der Waals surface area (Å²) in [4.78, 5) is 16.8. The van der Waals surface area contributed by atoms with E-state index in [0.717, 1.165) is 21.8 Å². The molecule has 0 aliphatic heterocycles. The van der Waals surface area contributed by atoms with Gasteiger partial charge in [0, 0.05) is 24.1 Å². The van der Waals surface area contributed by atoms with E-state index in [1.807, 2.05) is 62.5 Å². The van der Waals surface area contributed by atoms with E-state index < -0.39 is 6.09 Å². The Bertz CT molecular complexity index is 1170. The Hall–Kier alpha value is -3.59. The van der Waals surface area contributed by atoms with Crippen LogP contribution < -0.4 is 10.1 Å². The molecule has 2 aromatic heterocycles. The molecule has 1 atom stereocenters. The molecule has 4 aromatic rings. The normalized spacial score (nSPS) is 11.8. The van der Waals surface area contributed by atoms with Crippen molar-refractivity contribution in [2.45, 2.75) is 33.2 Å². The molecule has 0 saturated heterocycles. The van der Waals surface area contributed by atoms with Crippen molar-refractivity contribution in [3.8, 4) is 22.6 Å². The number of tetrazole rings is 1. The van der Waals surface area contributed by atoms with Crippen LogP contribution in [0.5, 0.6) is 5.75 Å². The summed E-state index contributed by atoms with van der Waals surface area (Å²) in [5.74, 6) is 1.11. The third kappa shape index (κ3) is 4.77. The van der Waals surface area contributed by atoms with Crippen molar-refractivity contribution >= 4 is 17.4 Å². The predicted molar refractivity (Wildman–Crippen MR) is 118 cm³/mol. The number of carbonyl (C=O) groups excluding carboxylic acids is 1. The molecule has 158 valence electrons. The fourth-order valence-electron chi connectivity index (χ4n) is 3.13. The highest BCUT2D eigenvalue weighted by Crippen LogP contribution is 2.29. The maximum atomic E-state index is 12.5. The van der Waals surface area contributed by atoms with Gasteiger partial charge in [-0.1, -0.05) is 36.8 Å². The summed E-state index contributed by atoms with van der Waals surface area (Å²) in [6.45, 7) is 5.89. The number of thiazole rings is 1. The van der Waals surface area contributed by atoms with Crippen LogP contribution in [0.1, 0.15) is 36.3 Å². The van der Waals surface area contributed by atoms with E-state index >= 15 is 0 Å². The minimum absolute atomic E-state index is 0.251. The fraction of sp³-hybridized carbons (Fsp3) is 0.227. The van der Waals surface area contributed by atoms with E-state index in [1.165, 1.54) is 16.9 Å². The van der Waals surface area contributed by atoms with E-state index in [4.69, 9.17) is 4.74 Å². The minimum Gasteiger partial charge on any atom is -0.410 e. The summed E-state index contributed by atoms with van der Waals surface area (Å²) < 4.78 is 7.28. The molecule has 0 fully saturated rings. The van der Waals surface area contributed by atoms with Gasteiger partial charge in [-0.2, -0.15) is 4.68 Å². The Morgan fingerprint density at radius 1 is 1.19 bits per heavy atom. The quantitative estimate of drug-likeness (QED) is 0.480. The topological polar surface area (TPSA) is 94.8 Å². The molecular formula is C22H22N6O2S. The van der Waals surface area contributed by atoms with Crippen LogP contribution in [0.4, 0.5) is 4.79 Å². The second kappa shape index (κ2) is 9.05. The standard InChI is InChI=1S/C22H22N6O2S/c1-4-20-25-26-27-28(20)18-11-17(16-7-5-14(2)6-8-16)12-19(13-18)30-22(29)24-15(3)21-23-9-10-31-21/h5-13,15H,4H2,1-3H3,(H,24,29). The highest BCUT2D eigenvalue weighted by Gasteiger charge is 2.16. The van der Waals surface area contributed by atoms with Gasteiger partial charge in [0.1, 0.15) is 10.8 Å². The van der Waals surface area contributed by atoms with Gasteiger partial charge < -0.3 is 10.1 Å². The summed E-state index contributed by atoms with van der Waals surface area (Å²) in [6, 6.07) is 13.4. The van der Waals surface area contributed by atoms with Crippen LogP contribution in [-0.4, -0.2) is 31.3 Å². The second-order valence-electron chi connectivity index (χ2n) is 7.07. The van der Waals surface area contributed by atoms with Gasteiger partial charge in [0.15, 0.2) is 5.82 Å². The van der Waals surface area contributed by atoms with Crippen molar-refractivity contribution in [1.82, 2.24) is 30.5 Å². The third-order valence-electron chi connectivity index (χ3n) is 4.74. The largest absolute Gasteiger partial charge is 0.413 e. The second-order valence-corrected chi connectivity index (χ2v) is 7.99. The zero-order valence-electron chi connectivity index (χ0n) is 17.4. The van der Waals surface area contributed by atoms with Crippen LogP contribution in [0.25, 0.3) is 16.8 Å². The number of carbonyl (C=O) groups is 1.